The van der Waals surface area contributed by atoms with E-state index in [1.807, 2.05) is 20.8 Å². The predicted molar refractivity (Wildman–Crippen MR) is 75.5 cm³/mol. The Morgan fingerprint density at radius 3 is 2.50 bits per heavy atom. The zero-order valence-electron chi connectivity index (χ0n) is 12.1. The van der Waals surface area contributed by atoms with E-state index >= 15 is 0 Å². The molecule has 1 aliphatic rings. The standard InChI is InChI=1S/C15H20N2O3/c1-9-4-10(2)12(11(3)5-9)7-17-8-14(18)16-6-13(17)15(19)20/h4-5,13H,6-8H2,1-3H3,(H,16,18)(H,19,20). The molecule has 20 heavy (non-hydrogen) atoms. The van der Waals surface area contributed by atoms with Gasteiger partial charge < -0.3 is 10.4 Å². The van der Waals surface area contributed by atoms with E-state index in [1.54, 1.807) is 4.90 Å². The van der Waals surface area contributed by atoms with E-state index in [1.165, 1.54) is 5.56 Å². The number of aliphatic carboxylic acids is 1. The summed E-state index contributed by atoms with van der Waals surface area (Å²) in [7, 11) is 0. The fraction of sp³-hybridized carbons (Fsp3) is 0.467. The second-order valence-electron chi connectivity index (χ2n) is 5.44. The Hall–Kier alpha value is -1.88. The van der Waals surface area contributed by atoms with Crippen molar-refractivity contribution in [1.29, 1.82) is 0 Å². The molecule has 1 fully saturated rings. The van der Waals surface area contributed by atoms with E-state index < -0.39 is 12.0 Å². The molecule has 5 nitrogen and oxygen atoms in total. The SMILES string of the molecule is Cc1cc(C)c(CN2CC(=O)NCC2C(=O)O)c(C)c1. The minimum absolute atomic E-state index is 0.120. The van der Waals surface area contributed by atoms with Gasteiger partial charge in [-0.2, -0.15) is 0 Å². The van der Waals surface area contributed by atoms with E-state index in [-0.39, 0.29) is 19.0 Å². The third-order valence-electron chi connectivity index (χ3n) is 3.77. The average molecular weight is 276 g/mol. The van der Waals surface area contributed by atoms with Crippen molar-refractivity contribution in [3.8, 4) is 0 Å². The van der Waals surface area contributed by atoms with Crippen molar-refractivity contribution in [2.24, 2.45) is 0 Å². The molecular weight excluding hydrogens is 256 g/mol. The summed E-state index contributed by atoms with van der Waals surface area (Å²) >= 11 is 0. The maximum Gasteiger partial charge on any atom is 0.322 e. The van der Waals surface area contributed by atoms with E-state index in [0.29, 0.717) is 6.54 Å². The van der Waals surface area contributed by atoms with Gasteiger partial charge in [0.1, 0.15) is 6.04 Å². The van der Waals surface area contributed by atoms with Crippen molar-refractivity contribution in [3.05, 3.63) is 34.4 Å². The van der Waals surface area contributed by atoms with E-state index in [0.717, 1.165) is 16.7 Å². The van der Waals surface area contributed by atoms with E-state index in [9.17, 15) is 14.7 Å². The van der Waals surface area contributed by atoms with Crippen LogP contribution in [0.25, 0.3) is 0 Å². The van der Waals surface area contributed by atoms with Gasteiger partial charge in [-0.25, -0.2) is 0 Å². The fourth-order valence-corrected chi connectivity index (χ4v) is 2.76. The van der Waals surface area contributed by atoms with Crippen LogP contribution in [0.3, 0.4) is 0 Å². The number of carboxylic acid groups (broad SMARTS) is 1. The Kier molecular flexibility index (Phi) is 4.09. The minimum atomic E-state index is -0.896. The van der Waals surface area contributed by atoms with Crippen molar-refractivity contribution < 1.29 is 14.7 Å². The molecule has 0 aromatic heterocycles. The highest BCUT2D eigenvalue weighted by atomic mass is 16.4. The number of carbonyl (C=O) groups excluding carboxylic acids is 1. The third kappa shape index (κ3) is 2.99. The molecule has 1 aromatic rings. The van der Waals surface area contributed by atoms with Crippen molar-refractivity contribution in [2.75, 3.05) is 13.1 Å². The smallest absolute Gasteiger partial charge is 0.322 e. The molecule has 1 aromatic carbocycles. The number of carbonyl (C=O) groups is 2. The molecule has 0 spiro atoms. The van der Waals surface area contributed by atoms with Gasteiger partial charge in [-0.1, -0.05) is 17.7 Å². The Balaban J connectivity index is 2.26. The van der Waals surface area contributed by atoms with Crippen LogP contribution < -0.4 is 5.32 Å². The number of rotatable bonds is 3. The second-order valence-corrected chi connectivity index (χ2v) is 5.44. The largest absolute Gasteiger partial charge is 0.480 e. The molecule has 1 saturated heterocycles. The zero-order valence-corrected chi connectivity index (χ0v) is 12.1. The van der Waals surface area contributed by atoms with Crippen LogP contribution in [-0.2, 0) is 16.1 Å². The first kappa shape index (κ1) is 14.5. The molecule has 2 rings (SSSR count). The van der Waals surface area contributed by atoms with Crippen molar-refractivity contribution >= 4 is 11.9 Å². The number of piperazine rings is 1. The molecule has 1 aliphatic heterocycles. The lowest BCUT2D eigenvalue weighted by molar-refractivity contribution is -0.146. The van der Waals surface area contributed by atoms with Gasteiger partial charge >= 0.3 is 5.97 Å². The number of aryl methyl sites for hydroxylation is 3. The predicted octanol–water partition coefficient (Wildman–Crippen LogP) is 0.997. The van der Waals surface area contributed by atoms with E-state index in [2.05, 4.69) is 17.4 Å². The van der Waals surface area contributed by atoms with Crippen LogP contribution in [0.1, 0.15) is 22.3 Å². The first-order valence-electron chi connectivity index (χ1n) is 6.68. The van der Waals surface area contributed by atoms with Crippen molar-refractivity contribution in [2.45, 2.75) is 33.4 Å². The molecule has 108 valence electrons. The molecule has 1 amide bonds. The van der Waals surface area contributed by atoms with Gasteiger partial charge in [0.25, 0.3) is 0 Å². The van der Waals surface area contributed by atoms with Crippen LogP contribution in [0.15, 0.2) is 12.1 Å². The Morgan fingerprint density at radius 1 is 1.35 bits per heavy atom. The number of carboxylic acids is 1. The number of nitrogens with zero attached hydrogens (tertiary/aromatic N) is 1. The molecule has 1 atom stereocenters. The number of benzene rings is 1. The summed E-state index contributed by atoms with van der Waals surface area (Å²) in [6, 6.07) is 3.51. The van der Waals surface area contributed by atoms with Crippen LogP contribution in [0.2, 0.25) is 0 Å². The topological polar surface area (TPSA) is 69.6 Å². The molecule has 0 aliphatic carbocycles. The van der Waals surface area contributed by atoms with Crippen LogP contribution in [0.4, 0.5) is 0 Å². The van der Waals surface area contributed by atoms with Gasteiger partial charge in [0, 0.05) is 13.1 Å². The highest BCUT2D eigenvalue weighted by Crippen LogP contribution is 2.20. The summed E-state index contributed by atoms with van der Waals surface area (Å²) in [6.07, 6.45) is 0. The first-order valence-corrected chi connectivity index (χ1v) is 6.68. The molecule has 5 heteroatoms. The van der Waals surface area contributed by atoms with Gasteiger partial charge in [-0.3, -0.25) is 14.5 Å². The fourth-order valence-electron chi connectivity index (χ4n) is 2.76. The Labute approximate surface area is 118 Å². The van der Waals surface area contributed by atoms with Crippen LogP contribution in [-0.4, -0.2) is 41.0 Å². The van der Waals surface area contributed by atoms with Gasteiger partial charge in [0.15, 0.2) is 0 Å². The van der Waals surface area contributed by atoms with Crippen LogP contribution in [0, 0.1) is 20.8 Å². The number of hydrogen-bond acceptors (Lipinski definition) is 3. The van der Waals surface area contributed by atoms with Gasteiger partial charge in [-0.05, 0) is 37.5 Å². The maximum absolute atomic E-state index is 11.5. The highest BCUT2D eigenvalue weighted by molar-refractivity contribution is 5.83. The molecule has 0 bridgehead atoms. The van der Waals surface area contributed by atoms with Crippen molar-refractivity contribution in [1.82, 2.24) is 10.2 Å². The first-order chi connectivity index (χ1) is 9.38. The summed E-state index contributed by atoms with van der Waals surface area (Å²) < 4.78 is 0. The Bertz CT molecular complexity index is 531. The van der Waals surface area contributed by atoms with E-state index in [4.69, 9.17) is 0 Å². The van der Waals surface area contributed by atoms with Crippen molar-refractivity contribution in [3.63, 3.8) is 0 Å². The summed E-state index contributed by atoms with van der Waals surface area (Å²) in [6.45, 7) is 6.87. The highest BCUT2D eigenvalue weighted by Gasteiger charge is 2.32. The quantitative estimate of drug-likeness (QED) is 0.864. The van der Waals surface area contributed by atoms with Gasteiger partial charge in [0.2, 0.25) is 5.91 Å². The molecular formula is C15H20N2O3. The minimum Gasteiger partial charge on any atom is -0.480 e. The number of hydrogen-bond donors (Lipinski definition) is 2. The summed E-state index contributed by atoms with van der Waals surface area (Å²) in [5.74, 6) is -1.02. The second kappa shape index (κ2) is 5.63. The molecule has 1 unspecified atom stereocenters. The molecule has 1 heterocycles. The number of nitrogens with one attached hydrogen (secondary N) is 1. The summed E-state index contributed by atoms with van der Waals surface area (Å²) in [5.41, 5.74) is 4.57. The molecule has 0 saturated carbocycles. The number of amides is 1. The average Bonchev–Trinajstić information content (AvgIpc) is 2.33. The third-order valence-corrected chi connectivity index (χ3v) is 3.77. The zero-order chi connectivity index (χ0) is 14.9. The normalized spacial score (nSPS) is 19.8. The molecule has 0 radical (unpaired) electrons. The Morgan fingerprint density at radius 2 is 1.95 bits per heavy atom. The van der Waals surface area contributed by atoms with Gasteiger partial charge in [0.05, 0.1) is 6.54 Å². The maximum atomic E-state index is 11.5. The lowest BCUT2D eigenvalue weighted by Crippen LogP contribution is -2.57. The van der Waals surface area contributed by atoms with Gasteiger partial charge in [-0.15, -0.1) is 0 Å². The lowest BCUT2D eigenvalue weighted by Gasteiger charge is -2.33. The molecule has 2 N–H and O–H groups in total. The lowest BCUT2D eigenvalue weighted by atomic mass is 9.98. The summed E-state index contributed by atoms with van der Waals surface area (Å²) in [4.78, 5) is 24.5. The monoisotopic (exact) mass is 276 g/mol. The van der Waals surface area contributed by atoms with Crippen LogP contribution in [0.5, 0.6) is 0 Å². The summed E-state index contributed by atoms with van der Waals surface area (Å²) in [5, 5.41) is 11.9. The van der Waals surface area contributed by atoms with Crippen LogP contribution >= 0.6 is 0 Å².